The van der Waals surface area contributed by atoms with E-state index in [-0.39, 0.29) is 11.8 Å². The van der Waals surface area contributed by atoms with Crippen molar-refractivity contribution >= 4 is 11.8 Å². The Morgan fingerprint density at radius 3 is 2.59 bits per heavy atom. The van der Waals surface area contributed by atoms with Crippen LogP contribution in [0, 0.1) is 18.8 Å². The van der Waals surface area contributed by atoms with Crippen LogP contribution < -0.4 is 5.32 Å². The number of nitrogens with one attached hydrogen (secondary N) is 2. The first-order chi connectivity index (χ1) is 13.1. The third-order valence-corrected chi connectivity index (χ3v) is 6.25. The van der Waals surface area contributed by atoms with Crippen molar-refractivity contribution in [3.8, 4) is 0 Å². The van der Waals surface area contributed by atoms with Gasteiger partial charge in [0.15, 0.2) is 0 Å². The molecule has 148 valence electrons. The van der Waals surface area contributed by atoms with Gasteiger partial charge in [0.05, 0.1) is 18.2 Å². The molecule has 0 unspecified atom stereocenters. The molecule has 2 amide bonds. The van der Waals surface area contributed by atoms with Crippen LogP contribution in [0.15, 0.2) is 6.07 Å². The standard InChI is InChI=1S/C20H31N5O2/c1-14-11-17(23-22-14)12-21-19(26)16-3-2-8-25(13-16)18-6-9-24(10-7-18)20(27)15-4-5-15/h11,15-16,18H,2-10,12-13H2,1H3,(H,21,26)(H,22,23)/t16-/m0/s1. The molecule has 2 N–H and O–H groups in total. The summed E-state index contributed by atoms with van der Waals surface area (Å²) in [6.07, 6.45) is 6.28. The second-order valence-electron chi connectivity index (χ2n) is 8.42. The van der Waals surface area contributed by atoms with Gasteiger partial charge in [0.25, 0.3) is 0 Å². The quantitative estimate of drug-likeness (QED) is 0.818. The Labute approximate surface area is 160 Å². The van der Waals surface area contributed by atoms with Gasteiger partial charge >= 0.3 is 0 Å². The molecule has 27 heavy (non-hydrogen) atoms. The smallest absolute Gasteiger partial charge is 0.225 e. The lowest BCUT2D eigenvalue weighted by atomic mass is 9.93. The topological polar surface area (TPSA) is 81.3 Å². The minimum atomic E-state index is 0.0601. The number of amides is 2. The molecule has 0 spiro atoms. The van der Waals surface area contributed by atoms with Gasteiger partial charge in [-0.05, 0) is 58.1 Å². The highest BCUT2D eigenvalue weighted by atomic mass is 16.2. The van der Waals surface area contributed by atoms with Gasteiger partial charge in [0.1, 0.15) is 0 Å². The van der Waals surface area contributed by atoms with E-state index in [1.807, 2.05) is 13.0 Å². The maximum atomic E-state index is 12.6. The number of hydrogen-bond donors (Lipinski definition) is 2. The number of likely N-dealkylation sites (tertiary alicyclic amines) is 2. The maximum absolute atomic E-state index is 12.6. The predicted octanol–water partition coefficient (Wildman–Crippen LogP) is 1.45. The Bertz CT molecular complexity index is 676. The van der Waals surface area contributed by atoms with Crippen molar-refractivity contribution in [3.05, 3.63) is 17.5 Å². The Hall–Kier alpha value is -1.89. The fourth-order valence-corrected chi connectivity index (χ4v) is 4.48. The molecular formula is C20H31N5O2. The number of carbonyl (C=O) groups excluding carboxylic acids is 2. The van der Waals surface area contributed by atoms with Crippen molar-refractivity contribution in [1.29, 1.82) is 0 Å². The third-order valence-electron chi connectivity index (χ3n) is 6.25. The molecular weight excluding hydrogens is 342 g/mol. The lowest BCUT2D eigenvalue weighted by Gasteiger charge is -2.42. The first kappa shape index (κ1) is 18.5. The summed E-state index contributed by atoms with van der Waals surface area (Å²) in [6.45, 7) is 6.12. The number of piperidine rings is 2. The van der Waals surface area contributed by atoms with Gasteiger partial charge in [-0.1, -0.05) is 0 Å². The van der Waals surface area contributed by atoms with Crippen LogP contribution in [0.5, 0.6) is 0 Å². The van der Waals surface area contributed by atoms with E-state index in [2.05, 4.69) is 25.3 Å². The fourth-order valence-electron chi connectivity index (χ4n) is 4.48. The van der Waals surface area contributed by atoms with E-state index >= 15 is 0 Å². The normalized spacial score (nSPS) is 24.8. The zero-order valence-electron chi connectivity index (χ0n) is 16.2. The van der Waals surface area contributed by atoms with Crippen LogP contribution in [0.1, 0.15) is 49.9 Å². The zero-order chi connectivity index (χ0) is 18.8. The highest BCUT2D eigenvalue weighted by Gasteiger charge is 2.37. The first-order valence-electron chi connectivity index (χ1n) is 10.4. The van der Waals surface area contributed by atoms with Crippen molar-refractivity contribution in [1.82, 2.24) is 25.3 Å². The second-order valence-corrected chi connectivity index (χ2v) is 8.42. The molecule has 1 saturated carbocycles. The molecule has 1 aromatic rings. The number of aryl methyl sites for hydroxylation is 1. The summed E-state index contributed by atoms with van der Waals surface area (Å²) >= 11 is 0. The first-order valence-corrected chi connectivity index (χ1v) is 10.4. The molecule has 1 atom stereocenters. The van der Waals surface area contributed by atoms with Gasteiger partial charge in [0.2, 0.25) is 11.8 Å². The number of H-pyrrole nitrogens is 1. The molecule has 4 rings (SSSR count). The number of rotatable bonds is 5. The monoisotopic (exact) mass is 373 g/mol. The summed E-state index contributed by atoms with van der Waals surface area (Å²) in [7, 11) is 0. The Morgan fingerprint density at radius 2 is 1.93 bits per heavy atom. The molecule has 7 heteroatoms. The number of hydrogen-bond acceptors (Lipinski definition) is 4. The summed E-state index contributed by atoms with van der Waals surface area (Å²) < 4.78 is 0. The molecule has 0 radical (unpaired) electrons. The highest BCUT2D eigenvalue weighted by Crippen LogP contribution is 2.32. The van der Waals surface area contributed by atoms with Crippen LogP contribution in [0.3, 0.4) is 0 Å². The fraction of sp³-hybridized carbons (Fsp3) is 0.750. The van der Waals surface area contributed by atoms with Gasteiger partial charge in [-0.15, -0.1) is 0 Å². The average Bonchev–Trinajstić information content (AvgIpc) is 3.47. The molecule has 7 nitrogen and oxygen atoms in total. The van der Waals surface area contributed by atoms with Gasteiger partial charge < -0.3 is 10.2 Å². The molecule has 3 fully saturated rings. The third kappa shape index (κ3) is 4.51. The minimum Gasteiger partial charge on any atom is -0.350 e. The van der Waals surface area contributed by atoms with E-state index in [4.69, 9.17) is 0 Å². The average molecular weight is 374 g/mol. The Morgan fingerprint density at radius 1 is 1.15 bits per heavy atom. The molecule has 0 aromatic carbocycles. The molecule has 1 aliphatic carbocycles. The van der Waals surface area contributed by atoms with Crippen molar-refractivity contribution in [3.63, 3.8) is 0 Å². The van der Waals surface area contributed by atoms with Gasteiger partial charge in [-0.25, -0.2) is 0 Å². The van der Waals surface area contributed by atoms with Crippen LogP contribution in [0.2, 0.25) is 0 Å². The second kappa shape index (κ2) is 8.00. The lowest BCUT2D eigenvalue weighted by Crippen LogP contribution is -2.51. The zero-order valence-corrected chi connectivity index (χ0v) is 16.2. The van der Waals surface area contributed by atoms with Gasteiger partial charge in [-0.2, -0.15) is 5.10 Å². The summed E-state index contributed by atoms with van der Waals surface area (Å²) in [5.41, 5.74) is 1.89. The van der Waals surface area contributed by atoms with Crippen LogP contribution >= 0.6 is 0 Å². The summed E-state index contributed by atoms with van der Waals surface area (Å²) in [5.74, 6) is 0.896. The van der Waals surface area contributed by atoms with Gasteiger partial charge in [0, 0.05) is 37.3 Å². The molecule has 0 bridgehead atoms. The van der Waals surface area contributed by atoms with Gasteiger partial charge in [-0.3, -0.25) is 19.6 Å². The number of carbonyl (C=O) groups is 2. The van der Waals surface area contributed by atoms with Crippen LogP contribution in [-0.2, 0) is 16.1 Å². The predicted molar refractivity (Wildman–Crippen MR) is 102 cm³/mol. The van der Waals surface area contributed by atoms with Crippen molar-refractivity contribution in [2.24, 2.45) is 11.8 Å². The molecule has 2 saturated heterocycles. The number of aromatic amines is 1. The SMILES string of the molecule is Cc1cc(CNC(=O)[C@H]2CCCN(C3CCN(C(=O)C4CC4)CC3)C2)n[nH]1. The van der Waals surface area contributed by atoms with E-state index < -0.39 is 0 Å². The van der Waals surface area contributed by atoms with E-state index in [1.54, 1.807) is 0 Å². The maximum Gasteiger partial charge on any atom is 0.225 e. The molecule has 3 heterocycles. The molecule has 1 aromatic heterocycles. The number of aromatic nitrogens is 2. The largest absolute Gasteiger partial charge is 0.350 e. The summed E-state index contributed by atoms with van der Waals surface area (Å²) in [6, 6.07) is 2.47. The van der Waals surface area contributed by atoms with Crippen molar-refractivity contribution < 1.29 is 9.59 Å². The van der Waals surface area contributed by atoms with Crippen LogP contribution in [0.4, 0.5) is 0 Å². The van der Waals surface area contributed by atoms with Crippen molar-refractivity contribution in [2.75, 3.05) is 26.2 Å². The molecule has 2 aliphatic heterocycles. The van der Waals surface area contributed by atoms with E-state index in [9.17, 15) is 9.59 Å². The molecule has 3 aliphatic rings. The Balaban J connectivity index is 1.24. The van der Waals surface area contributed by atoms with E-state index in [1.165, 1.54) is 0 Å². The summed E-state index contributed by atoms with van der Waals surface area (Å²) in [5, 5.41) is 10.1. The Kier molecular flexibility index (Phi) is 5.48. The van der Waals surface area contributed by atoms with E-state index in [0.29, 0.717) is 24.4 Å². The van der Waals surface area contributed by atoms with Crippen LogP contribution in [-0.4, -0.2) is 64.0 Å². The van der Waals surface area contributed by atoms with Crippen LogP contribution in [0.25, 0.3) is 0 Å². The summed E-state index contributed by atoms with van der Waals surface area (Å²) in [4.78, 5) is 29.4. The number of nitrogens with zero attached hydrogens (tertiary/aromatic N) is 3. The lowest BCUT2D eigenvalue weighted by molar-refractivity contribution is -0.134. The van der Waals surface area contributed by atoms with E-state index in [0.717, 1.165) is 76.1 Å². The minimum absolute atomic E-state index is 0.0601. The highest BCUT2D eigenvalue weighted by molar-refractivity contribution is 5.81. The van der Waals surface area contributed by atoms with Crippen molar-refractivity contribution in [2.45, 2.75) is 58.0 Å².